The minimum atomic E-state index is -0.151. The number of hydrogen-bond donors (Lipinski definition) is 1. The Hall–Kier alpha value is -3.34. The van der Waals surface area contributed by atoms with Gasteiger partial charge in [-0.1, -0.05) is 18.2 Å². The minimum absolute atomic E-state index is 0.151. The zero-order chi connectivity index (χ0) is 18.5. The van der Waals surface area contributed by atoms with Gasteiger partial charge in [0.2, 0.25) is 5.88 Å². The number of para-hydroxylation sites is 1. The second-order valence-corrected chi connectivity index (χ2v) is 6.50. The van der Waals surface area contributed by atoms with Crippen molar-refractivity contribution in [3.05, 3.63) is 78.5 Å². The third-order valence-electron chi connectivity index (χ3n) is 4.56. The summed E-state index contributed by atoms with van der Waals surface area (Å²) in [6, 6.07) is 20.7. The second kappa shape index (κ2) is 7.91. The summed E-state index contributed by atoms with van der Waals surface area (Å²) in [5.41, 5.74) is 2.43. The number of ether oxygens (including phenoxy) is 1. The van der Waals surface area contributed by atoms with Crippen LogP contribution in [-0.4, -0.2) is 24.0 Å². The lowest BCUT2D eigenvalue weighted by Crippen LogP contribution is -2.18. The maximum Gasteiger partial charge on any atom is 0.255 e. The van der Waals surface area contributed by atoms with Crippen molar-refractivity contribution < 1.29 is 9.53 Å². The minimum Gasteiger partial charge on any atom is -0.439 e. The fraction of sp³-hybridized carbons (Fsp3) is 0.182. The molecule has 5 nitrogen and oxygen atoms in total. The Morgan fingerprint density at radius 2 is 1.67 bits per heavy atom. The number of hydrogen-bond acceptors (Lipinski definition) is 4. The summed E-state index contributed by atoms with van der Waals surface area (Å²) in [5, 5.41) is 2.87. The number of rotatable bonds is 5. The molecule has 2 heterocycles. The first-order chi connectivity index (χ1) is 13.3. The molecule has 0 spiro atoms. The number of aromatic nitrogens is 1. The van der Waals surface area contributed by atoms with Gasteiger partial charge in [0.05, 0.1) is 11.9 Å². The molecule has 0 saturated carbocycles. The van der Waals surface area contributed by atoms with Crippen LogP contribution in [0.4, 0.5) is 11.4 Å². The van der Waals surface area contributed by atoms with Crippen LogP contribution in [0.1, 0.15) is 23.2 Å². The molecular formula is C22H21N3O2. The first-order valence-electron chi connectivity index (χ1n) is 9.13. The van der Waals surface area contributed by atoms with Gasteiger partial charge in [0.1, 0.15) is 5.75 Å². The Morgan fingerprint density at radius 3 is 2.33 bits per heavy atom. The standard InChI is InChI=1S/C22H21N3O2/c26-22(17-8-11-19(12-9-17)25-14-4-5-15-25)24-18-10-13-21(23-16-18)27-20-6-2-1-3-7-20/h1-3,6-13,16H,4-5,14-15H2,(H,24,26). The molecule has 2 aromatic carbocycles. The number of nitrogens with zero attached hydrogens (tertiary/aromatic N) is 2. The second-order valence-electron chi connectivity index (χ2n) is 6.50. The molecule has 1 amide bonds. The molecule has 0 radical (unpaired) electrons. The van der Waals surface area contributed by atoms with Crippen LogP contribution in [-0.2, 0) is 0 Å². The third-order valence-corrected chi connectivity index (χ3v) is 4.56. The van der Waals surface area contributed by atoms with Crippen LogP contribution >= 0.6 is 0 Å². The highest BCUT2D eigenvalue weighted by molar-refractivity contribution is 6.04. The average molecular weight is 359 g/mol. The first kappa shape index (κ1) is 17.1. The van der Waals surface area contributed by atoms with Crippen molar-refractivity contribution in [2.45, 2.75) is 12.8 Å². The quantitative estimate of drug-likeness (QED) is 0.716. The summed E-state index contributed by atoms with van der Waals surface area (Å²) in [6.45, 7) is 2.18. The summed E-state index contributed by atoms with van der Waals surface area (Å²) < 4.78 is 5.66. The monoisotopic (exact) mass is 359 g/mol. The van der Waals surface area contributed by atoms with Crippen LogP contribution in [0, 0.1) is 0 Å². The van der Waals surface area contributed by atoms with E-state index in [1.807, 2.05) is 54.6 Å². The fourth-order valence-electron chi connectivity index (χ4n) is 3.13. The Balaban J connectivity index is 1.37. The van der Waals surface area contributed by atoms with Gasteiger partial charge in [-0.05, 0) is 55.3 Å². The average Bonchev–Trinajstić information content (AvgIpc) is 3.25. The van der Waals surface area contributed by atoms with Crippen molar-refractivity contribution in [3.63, 3.8) is 0 Å². The van der Waals surface area contributed by atoms with Crippen LogP contribution < -0.4 is 15.0 Å². The Bertz CT molecular complexity index is 887. The predicted molar refractivity (Wildman–Crippen MR) is 107 cm³/mol. The van der Waals surface area contributed by atoms with E-state index in [9.17, 15) is 4.79 Å². The maximum absolute atomic E-state index is 12.4. The number of carbonyl (C=O) groups is 1. The van der Waals surface area contributed by atoms with E-state index in [1.54, 1.807) is 18.3 Å². The highest BCUT2D eigenvalue weighted by Gasteiger charge is 2.13. The van der Waals surface area contributed by atoms with Gasteiger partial charge in [0.15, 0.2) is 0 Å². The lowest BCUT2D eigenvalue weighted by Gasteiger charge is -2.17. The van der Waals surface area contributed by atoms with Crippen molar-refractivity contribution in [2.75, 3.05) is 23.3 Å². The number of anilines is 2. The summed E-state index contributed by atoms with van der Waals surface area (Å²) in [6.07, 6.45) is 4.06. The van der Waals surface area contributed by atoms with E-state index in [0.29, 0.717) is 17.1 Å². The molecule has 0 aliphatic carbocycles. The van der Waals surface area contributed by atoms with Gasteiger partial charge in [0.25, 0.3) is 5.91 Å². The molecule has 1 aliphatic heterocycles. The molecular weight excluding hydrogens is 338 g/mol. The van der Waals surface area contributed by atoms with Crippen molar-refractivity contribution >= 4 is 17.3 Å². The van der Waals surface area contributed by atoms with Gasteiger partial charge in [-0.3, -0.25) is 4.79 Å². The predicted octanol–water partition coefficient (Wildman–Crippen LogP) is 4.73. The van der Waals surface area contributed by atoms with E-state index in [4.69, 9.17) is 4.74 Å². The van der Waals surface area contributed by atoms with E-state index in [1.165, 1.54) is 18.5 Å². The van der Waals surface area contributed by atoms with Crippen molar-refractivity contribution in [1.82, 2.24) is 4.98 Å². The molecule has 0 atom stereocenters. The number of amides is 1. The normalized spacial score (nSPS) is 13.4. The van der Waals surface area contributed by atoms with Crippen LogP contribution in [0.3, 0.4) is 0 Å². The lowest BCUT2D eigenvalue weighted by molar-refractivity contribution is 0.102. The van der Waals surface area contributed by atoms with Gasteiger partial charge in [0, 0.05) is 30.4 Å². The number of pyridine rings is 1. The zero-order valence-corrected chi connectivity index (χ0v) is 15.0. The Labute approximate surface area is 158 Å². The van der Waals surface area contributed by atoms with Crippen molar-refractivity contribution in [2.24, 2.45) is 0 Å². The summed E-state index contributed by atoms with van der Waals surface area (Å²) in [5.74, 6) is 1.05. The lowest BCUT2D eigenvalue weighted by atomic mass is 10.2. The van der Waals surface area contributed by atoms with Gasteiger partial charge in [-0.25, -0.2) is 4.98 Å². The third kappa shape index (κ3) is 4.26. The van der Waals surface area contributed by atoms with E-state index in [2.05, 4.69) is 15.2 Å². The topological polar surface area (TPSA) is 54.5 Å². The van der Waals surface area contributed by atoms with Gasteiger partial charge < -0.3 is 15.0 Å². The summed E-state index contributed by atoms with van der Waals surface area (Å²) in [4.78, 5) is 19.0. The summed E-state index contributed by atoms with van der Waals surface area (Å²) in [7, 11) is 0. The zero-order valence-electron chi connectivity index (χ0n) is 15.0. The Morgan fingerprint density at radius 1 is 0.926 bits per heavy atom. The van der Waals surface area contributed by atoms with E-state index < -0.39 is 0 Å². The van der Waals surface area contributed by atoms with Gasteiger partial charge >= 0.3 is 0 Å². The van der Waals surface area contributed by atoms with E-state index >= 15 is 0 Å². The molecule has 136 valence electrons. The smallest absolute Gasteiger partial charge is 0.255 e. The summed E-state index contributed by atoms with van der Waals surface area (Å²) >= 11 is 0. The van der Waals surface area contributed by atoms with Gasteiger partial charge in [-0.2, -0.15) is 0 Å². The van der Waals surface area contributed by atoms with E-state index in [-0.39, 0.29) is 5.91 Å². The van der Waals surface area contributed by atoms with Crippen LogP contribution in [0.2, 0.25) is 0 Å². The SMILES string of the molecule is O=C(Nc1ccc(Oc2ccccc2)nc1)c1ccc(N2CCCC2)cc1. The van der Waals surface area contributed by atoms with Gasteiger partial charge in [-0.15, -0.1) is 0 Å². The molecule has 0 unspecified atom stereocenters. The number of carbonyl (C=O) groups excluding carboxylic acids is 1. The fourth-order valence-corrected chi connectivity index (χ4v) is 3.13. The molecule has 1 aromatic heterocycles. The highest BCUT2D eigenvalue weighted by Crippen LogP contribution is 2.22. The molecule has 1 fully saturated rings. The number of benzene rings is 2. The molecule has 1 saturated heterocycles. The first-order valence-corrected chi connectivity index (χ1v) is 9.13. The van der Waals surface area contributed by atoms with E-state index in [0.717, 1.165) is 18.8 Å². The number of nitrogens with one attached hydrogen (secondary N) is 1. The maximum atomic E-state index is 12.4. The van der Waals surface area contributed by atoms with Crippen molar-refractivity contribution in [1.29, 1.82) is 0 Å². The molecule has 5 heteroatoms. The van der Waals surface area contributed by atoms with Crippen molar-refractivity contribution in [3.8, 4) is 11.6 Å². The van der Waals surface area contributed by atoms with Crippen LogP contribution in [0.25, 0.3) is 0 Å². The van der Waals surface area contributed by atoms with Crippen LogP contribution in [0.5, 0.6) is 11.6 Å². The molecule has 1 aliphatic rings. The molecule has 1 N–H and O–H groups in total. The molecule has 4 rings (SSSR count). The molecule has 3 aromatic rings. The molecule has 0 bridgehead atoms. The van der Waals surface area contributed by atoms with Crippen LogP contribution in [0.15, 0.2) is 72.9 Å². The largest absolute Gasteiger partial charge is 0.439 e. The molecule has 27 heavy (non-hydrogen) atoms. The highest BCUT2D eigenvalue weighted by atomic mass is 16.5. The Kier molecular flexibility index (Phi) is 5.01.